The van der Waals surface area contributed by atoms with E-state index in [-0.39, 0.29) is 35.5 Å². The molecule has 0 saturated heterocycles. The lowest BCUT2D eigenvalue weighted by molar-refractivity contribution is -0.862. The van der Waals surface area contributed by atoms with Crippen molar-refractivity contribution in [2.75, 3.05) is 34.3 Å². The van der Waals surface area contributed by atoms with Crippen molar-refractivity contribution in [1.82, 2.24) is 0 Å². The third kappa shape index (κ3) is 3.90. The number of carbonyl (C=O) groups is 3. The van der Waals surface area contributed by atoms with Gasteiger partial charge in [0.25, 0.3) is 0 Å². The maximum absolute atomic E-state index is 13.2. The highest BCUT2D eigenvalue weighted by Gasteiger charge is 2.68. The summed E-state index contributed by atoms with van der Waals surface area (Å²) in [5, 5.41) is 23.1. The molecule has 0 amide bonds. The van der Waals surface area contributed by atoms with E-state index in [1.807, 2.05) is 28.1 Å². The summed E-state index contributed by atoms with van der Waals surface area (Å²) in [6.07, 6.45) is 5.49. The van der Waals surface area contributed by atoms with Crippen LogP contribution in [0.4, 0.5) is 0 Å². The SMILES string of the molecule is C[C@]12CCC(=O)C=C1CC[C@H]1[C@H]2[C@H](O)C[C@]2(C)[C@@H]1CC[C@@]2(O)C(=O)COC(=O)C[N+](C)(C)C. The van der Waals surface area contributed by atoms with Gasteiger partial charge in [-0.05, 0) is 67.8 Å². The number of hydrogen-bond donors (Lipinski definition) is 2. The van der Waals surface area contributed by atoms with E-state index in [9.17, 15) is 24.6 Å². The summed E-state index contributed by atoms with van der Waals surface area (Å²) in [5.41, 5.74) is -1.42. The smallest absolute Gasteiger partial charge is 0.362 e. The monoisotopic (exact) mass is 462 g/mol. The number of ether oxygens (including phenoxy) is 1. The first-order valence-electron chi connectivity index (χ1n) is 12.3. The Bertz CT molecular complexity index is 890. The van der Waals surface area contributed by atoms with Crippen molar-refractivity contribution < 1.29 is 33.8 Å². The Morgan fingerprint density at radius 3 is 2.52 bits per heavy atom. The number of esters is 1. The predicted octanol–water partition coefficient (Wildman–Crippen LogP) is 2.04. The van der Waals surface area contributed by atoms with Gasteiger partial charge in [0.2, 0.25) is 5.78 Å². The molecule has 7 nitrogen and oxygen atoms in total. The first-order chi connectivity index (χ1) is 15.2. The van der Waals surface area contributed by atoms with Gasteiger partial charge in [0.1, 0.15) is 5.60 Å². The molecule has 0 heterocycles. The van der Waals surface area contributed by atoms with Crippen molar-refractivity contribution >= 4 is 17.5 Å². The van der Waals surface area contributed by atoms with Crippen LogP contribution in [0, 0.1) is 28.6 Å². The van der Waals surface area contributed by atoms with Crippen LogP contribution in [0.2, 0.25) is 0 Å². The summed E-state index contributed by atoms with van der Waals surface area (Å²) in [6.45, 7) is 3.83. The second-order valence-corrected chi connectivity index (χ2v) is 12.5. The highest BCUT2D eigenvalue weighted by Crippen LogP contribution is 2.67. The van der Waals surface area contributed by atoms with Gasteiger partial charge in [0.15, 0.2) is 18.9 Å². The number of likely N-dealkylation sites (N-methyl/N-ethyl adjacent to an activating group) is 1. The van der Waals surface area contributed by atoms with Gasteiger partial charge < -0.3 is 19.4 Å². The number of aliphatic hydroxyl groups is 2. The van der Waals surface area contributed by atoms with Gasteiger partial charge in [-0.25, -0.2) is 4.79 Å². The predicted molar refractivity (Wildman–Crippen MR) is 122 cm³/mol. The Balaban J connectivity index is 1.55. The Morgan fingerprint density at radius 1 is 1.15 bits per heavy atom. The Hall–Kier alpha value is -1.57. The largest absolute Gasteiger partial charge is 0.453 e. The van der Waals surface area contributed by atoms with Crippen molar-refractivity contribution in [2.45, 2.75) is 70.5 Å². The van der Waals surface area contributed by atoms with Gasteiger partial charge in [-0.2, -0.15) is 0 Å². The second kappa shape index (κ2) is 7.99. The molecule has 0 aromatic rings. The Kier molecular flexibility index (Phi) is 5.95. The molecule has 0 aliphatic heterocycles. The molecule has 4 aliphatic rings. The molecule has 4 rings (SSSR count). The quantitative estimate of drug-likeness (QED) is 0.479. The van der Waals surface area contributed by atoms with Gasteiger partial charge in [-0.3, -0.25) is 9.59 Å². The van der Waals surface area contributed by atoms with Crippen LogP contribution in [0.25, 0.3) is 0 Å². The van der Waals surface area contributed by atoms with Gasteiger partial charge in [-0.15, -0.1) is 0 Å². The van der Waals surface area contributed by atoms with Crippen molar-refractivity contribution in [3.63, 3.8) is 0 Å². The highest BCUT2D eigenvalue weighted by atomic mass is 16.5. The summed E-state index contributed by atoms with van der Waals surface area (Å²) >= 11 is 0. The highest BCUT2D eigenvalue weighted by molar-refractivity contribution is 5.92. The minimum absolute atomic E-state index is 0.0310. The summed E-state index contributed by atoms with van der Waals surface area (Å²) in [4.78, 5) is 37.4. The number of allylic oxidation sites excluding steroid dienone is 1. The fraction of sp³-hybridized carbons (Fsp3) is 0.808. The lowest BCUT2D eigenvalue weighted by Crippen LogP contribution is -2.62. The molecule has 7 heteroatoms. The van der Waals surface area contributed by atoms with Crippen molar-refractivity contribution in [3.8, 4) is 0 Å². The lowest BCUT2D eigenvalue weighted by Gasteiger charge is -2.60. The van der Waals surface area contributed by atoms with E-state index >= 15 is 0 Å². The van der Waals surface area contributed by atoms with Crippen LogP contribution in [0.1, 0.15) is 58.8 Å². The fourth-order valence-electron chi connectivity index (χ4n) is 7.85. The van der Waals surface area contributed by atoms with Gasteiger partial charge in [-0.1, -0.05) is 19.4 Å². The maximum Gasteiger partial charge on any atom is 0.362 e. The van der Waals surface area contributed by atoms with E-state index in [1.54, 1.807) is 6.08 Å². The number of rotatable bonds is 5. The lowest BCUT2D eigenvalue weighted by atomic mass is 9.45. The van der Waals surface area contributed by atoms with Gasteiger partial charge in [0, 0.05) is 11.8 Å². The summed E-state index contributed by atoms with van der Waals surface area (Å²) in [6, 6.07) is 0. The molecule has 7 atom stereocenters. The molecule has 33 heavy (non-hydrogen) atoms. The second-order valence-electron chi connectivity index (χ2n) is 12.5. The molecule has 184 valence electrons. The molecular formula is C26H40NO6+. The first kappa shape index (κ1) is 24.6. The zero-order valence-electron chi connectivity index (χ0n) is 20.7. The van der Waals surface area contributed by atoms with Crippen LogP contribution >= 0.6 is 0 Å². The minimum atomic E-state index is -1.61. The van der Waals surface area contributed by atoms with Crippen LogP contribution in [0.5, 0.6) is 0 Å². The fourth-order valence-corrected chi connectivity index (χ4v) is 7.85. The number of aliphatic hydroxyl groups excluding tert-OH is 1. The van der Waals surface area contributed by atoms with Crippen LogP contribution < -0.4 is 0 Å². The average molecular weight is 463 g/mol. The van der Waals surface area contributed by atoms with Crippen LogP contribution in [-0.4, -0.2) is 78.2 Å². The van der Waals surface area contributed by atoms with E-state index in [4.69, 9.17) is 4.74 Å². The Morgan fingerprint density at radius 2 is 1.85 bits per heavy atom. The molecule has 3 fully saturated rings. The Labute approximate surface area is 196 Å². The molecule has 2 N–H and O–H groups in total. The van der Waals surface area contributed by atoms with E-state index in [2.05, 4.69) is 6.92 Å². The zero-order chi connectivity index (χ0) is 24.4. The minimum Gasteiger partial charge on any atom is -0.453 e. The van der Waals surface area contributed by atoms with Crippen LogP contribution in [-0.2, 0) is 19.1 Å². The topological polar surface area (TPSA) is 101 Å². The molecule has 0 radical (unpaired) electrons. The molecule has 0 aromatic heterocycles. The number of carbonyl (C=O) groups excluding carboxylic acids is 3. The summed E-state index contributed by atoms with van der Waals surface area (Å²) in [5.74, 6) is -0.414. The molecule has 0 spiro atoms. The molecular weight excluding hydrogens is 422 g/mol. The van der Waals surface area contributed by atoms with E-state index < -0.39 is 35.5 Å². The number of quaternary nitrogens is 1. The standard InChI is InChI=1S/C26H40NO6/c1-24-10-8-17(28)12-16(24)6-7-18-19-9-11-26(32,25(19,2)13-20(29)23(18)24)21(30)15-33-22(31)14-27(3,4)5/h12,18-20,23,29,32H,6-11,13-15H2,1-5H3/q+1/t18-,19-,20-,23+,24+,25-,26-/m1/s1. The molecule has 0 unspecified atom stereocenters. The van der Waals surface area contributed by atoms with Gasteiger partial charge in [0.05, 0.1) is 27.2 Å². The number of ketones is 2. The number of hydrogen-bond acceptors (Lipinski definition) is 6. The maximum atomic E-state index is 13.2. The number of nitrogens with zero attached hydrogens (tertiary/aromatic N) is 1. The van der Waals surface area contributed by atoms with Crippen molar-refractivity contribution in [2.24, 2.45) is 28.6 Å². The van der Waals surface area contributed by atoms with Crippen LogP contribution in [0.3, 0.4) is 0 Å². The first-order valence-corrected chi connectivity index (χ1v) is 12.3. The molecule has 0 bridgehead atoms. The van der Waals surface area contributed by atoms with Crippen molar-refractivity contribution in [3.05, 3.63) is 11.6 Å². The zero-order valence-corrected chi connectivity index (χ0v) is 20.7. The summed E-state index contributed by atoms with van der Waals surface area (Å²) in [7, 11) is 5.60. The molecule has 4 aliphatic carbocycles. The summed E-state index contributed by atoms with van der Waals surface area (Å²) < 4.78 is 5.64. The third-order valence-electron chi connectivity index (χ3n) is 9.48. The van der Waals surface area contributed by atoms with Gasteiger partial charge >= 0.3 is 5.97 Å². The normalized spacial score (nSPS) is 42.6. The third-order valence-corrected chi connectivity index (χ3v) is 9.48. The van der Waals surface area contributed by atoms with E-state index in [0.29, 0.717) is 30.2 Å². The van der Waals surface area contributed by atoms with Crippen LogP contribution in [0.15, 0.2) is 11.6 Å². The van der Waals surface area contributed by atoms with E-state index in [1.165, 1.54) is 0 Å². The molecule has 3 saturated carbocycles. The number of fused-ring (bicyclic) bond motifs is 5. The number of Topliss-reactive ketones (excluding diaryl/α,β-unsaturated/α-hetero) is 1. The average Bonchev–Trinajstić information content (AvgIpc) is 2.96. The van der Waals surface area contributed by atoms with Crippen molar-refractivity contribution in [1.29, 1.82) is 0 Å². The molecule has 0 aromatic carbocycles. The van der Waals surface area contributed by atoms with E-state index in [0.717, 1.165) is 24.8 Å².